The quantitative estimate of drug-likeness (QED) is 0.352. The van der Waals surface area contributed by atoms with Gasteiger partial charge in [-0.3, -0.25) is 19.5 Å². The maximum absolute atomic E-state index is 13.2. The van der Waals surface area contributed by atoms with Crippen molar-refractivity contribution < 1.29 is 19.1 Å². The molecule has 1 atom stereocenters. The predicted octanol–water partition coefficient (Wildman–Crippen LogP) is 3.47. The van der Waals surface area contributed by atoms with E-state index >= 15 is 0 Å². The lowest BCUT2D eigenvalue weighted by Crippen LogP contribution is -2.45. The van der Waals surface area contributed by atoms with E-state index in [4.69, 9.17) is 9.47 Å². The summed E-state index contributed by atoms with van der Waals surface area (Å²) in [5.41, 5.74) is 2.90. The van der Waals surface area contributed by atoms with Crippen LogP contribution < -0.4 is 15.4 Å². The molecule has 5 heterocycles. The molecule has 0 spiro atoms. The van der Waals surface area contributed by atoms with Gasteiger partial charge in [-0.05, 0) is 31.5 Å². The van der Waals surface area contributed by atoms with Crippen LogP contribution in [0.4, 0.5) is 11.4 Å². The lowest BCUT2D eigenvalue weighted by atomic mass is 10.2. The molecule has 198 valence electrons. The molecule has 1 aliphatic rings. The highest BCUT2D eigenvalue weighted by molar-refractivity contribution is 7.21. The Labute approximate surface area is 223 Å². The molecule has 12 heteroatoms. The molecule has 4 aromatic heterocycles. The molecule has 0 bridgehead atoms. The molecule has 1 unspecified atom stereocenters. The van der Waals surface area contributed by atoms with E-state index in [-0.39, 0.29) is 24.5 Å². The Balaban J connectivity index is 1.29. The second-order valence-corrected chi connectivity index (χ2v) is 9.99. The second kappa shape index (κ2) is 11.3. The average Bonchev–Trinajstić information content (AvgIpc) is 3.52. The molecule has 1 fully saturated rings. The summed E-state index contributed by atoms with van der Waals surface area (Å²) >= 11 is 1.42. The Bertz CT molecular complexity index is 1470. The zero-order chi connectivity index (χ0) is 26.6. The van der Waals surface area contributed by atoms with Gasteiger partial charge in [0.15, 0.2) is 0 Å². The third-order valence-corrected chi connectivity index (χ3v) is 7.48. The van der Waals surface area contributed by atoms with Crippen LogP contribution in [0.25, 0.3) is 15.3 Å². The zero-order valence-corrected chi connectivity index (χ0v) is 22.2. The first-order valence-corrected chi connectivity index (χ1v) is 13.1. The van der Waals surface area contributed by atoms with Gasteiger partial charge in [0, 0.05) is 25.5 Å². The van der Waals surface area contributed by atoms with Gasteiger partial charge in [-0.15, -0.1) is 11.3 Å². The molecule has 11 nitrogen and oxygen atoms in total. The number of carbonyl (C=O) groups is 2. The van der Waals surface area contributed by atoms with E-state index in [2.05, 4.69) is 37.5 Å². The number of fused-ring (bicyclic) bond motifs is 1. The molecule has 0 saturated carbocycles. The molecule has 0 radical (unpaired) electrons. The van der Waals surface area contributed by atoms with E-state index in [0.29, 0.717) is 39.9 Å². The number of rotatable bonds is 8. The highest BCUT2D eigenvalue weighted by Gasteiger charge is 2.22. The summed E-state index contributed by atoms with van der Waals surface area (Å²) < 4.78 is 12.7. The van der Waals surface area contributed by atoms with Crippen molar-refractivity contribution >= 4 is 39.4 Å². The fourth-order valence-electron chi connectivity index (χ4n) is 4.30. The van der Waals surface area contributed by atoms with Crippen LogP contribution in [0.15, 0.2) is 43.0 Å². The van der Waals surface area contributed by atoms with E-state index in [1.54, 1.807) is 37.0 Å². The molecular formula is C26H29N7O4S. The number of hydrogen-bond acceptors (Lipinski definition) is 9. The number of hydrogen-bond donors (Lipinski definition) is 2. The summed E-state index contributed by atoms with van der Waals surface area (Å²) in [5.74, 6) is 0.0428. The van der Waals surface area contributed by atoms with Gasteiger partial charge in [0.05, 0.1) is 71.8 Å². The Kier molecular flexibility index (Phi) is 7.63. The Morgan fingerprint density at radius 3 is 2.95 bits per heavy atom. The smallest absolute Gasteiger partial charge is 0.260 e. The van der Waals surface area contributed by atoms with Crippen molar-refractivity contribution in [1.82, 2.24) is 24.5 Å². The third kappa shape index (κ3) is 5.52. The average molecular weight is 536 g/mol. The van der Waals surface area contributed by atoms with Crippen LogP contribution in [-0.4, -0.2) is 75.8 Å². The molecule has 2 amide bonds. The summed E-state index contributed by atoms with van der Waals surface area (Å²) in [4.78, 5) is 38.2. The topological polar surface area (TPSA) is 123 Å². The van der Waals surface area contributed by atoms with Crippen LogP contribution >= 0.6 is 11.3 Å². The Hall–Kier alpha value is -3.87. The second-order valence-electron chi connectivity index (χ2n) is 8.96. The lowest BCUT2D eigenvalue weighted by molar-refractivity contribution is -0.119. The van der Waals surface area contributed by atoms with Gasteiger partial charge >= 0.3 is 0 Å². The minimum absolute atomic E-state index is 0.139. The number of pyridine rings is 2. The highest BCUT2D eigenvalue weighted by Crippen LogP contribution is 2.35. The Morgan fingerprint density at radius 2 is 2.13 bits per heavy atom. The molecular weight excluding hydrogens is 506 g/mol. The SMILES string of the molecule is CCC1CN(CC(=O)Nc2cnc(C)c(NC(=O)c3cnn4cc(-c5cccnc5OC)sc34)c2)CCO1. The van der Waals surface area contributed by atoms with Crippen molar-refractivity contribution in [3.05, 3.63) is 54.2 Å². The number of ether oxygens (including phenoxy) is 2. The molecule has 1 aliphatic heterocycles. The van der Waals surface area contributed by atoms with Crippen LogP contribution in [0.3, 0.4) is 0 Å². The molecule has 5 rings (SSSR count). The van der Waals surface area contributed by atoms with Crippen molar-refractivity contribution in [2.45, 2.75) is 26.4 Å². The fraction of sp³-hybridized carbons (Fsp3) is 0.346. The molecule has 4 aromatic rings. The summed E-state index contributed by atoms with van der Waals surface area (Å²) in [7, 11) is 1.57. The van der Waals surface area contributed by atoms with E-state index in [1.165, 1.54) is 17.5 Å². The minimum atomic E-state index is -0.321. The van der Waals surface area contributed by atoms with E-state index in [1.807, 2.05) is 18.3 Å². The number of thiazole rings is 1. The molecule has 2 N–H and O–H groups in total. The molecule has 38 heavy (non-hydrogen) atoms. The number of anilines is 2. The van der Waals surface area contributed by atoms with Crippen molar-refractivity contribution in [3.63, 3.8) is 0 Å². The van der Waals surface area contributed by atoms with Crippen LogP contribution in [-0.2, 0) is 9.53 Å². The maximum atomic E-state index is 13.2. The van der Waals surface area contributed by atoms with Crippen LogP contribution in [0.5, 0.6) is 5.88 Å². The number of nitrogens with one attached hydrogen (secondary N) is 2. The number of methoxy groups -OCH3 is 1. The van der Waals surface area contributed by atoms with Gasteiger partial charge < -0.3 is 20.1 Å². The summed E-state index contributed by atoms with van der Waals surface area (Å²) in [6, 6.07) is 5.46. The number of amides is 2. The van der Waals surface area contributed by atoms with Gasteiger partial charge in [0.2, 0.25) is 11.8 Å². The third-order valence-electron chi connectivity index (χ3n) is 6.33. The first-order valence-electron chi connectivity index (χ1n) is 12.3. The van der Waals surface area contributed by atoms with Gasteiger partial charge in [0.25, 0.3) is 5.91 Å². The zero-order valence-electron chi connectivity index (χ0n) is 21.4. The van der Waals surface area contributed by atoms with Crippen molar-refractivity contribution in [1.29, 1.82) is 0 Å². The van der Waals surface area contributed by atoms with Gasteiger partial charge in [-0.2, -0.15) is 5.10 Å². The number of nitrogens with zero attached hydrogens (tertiary/aromatic N) is 5. The largest absolute Gasteiger partial charge is 0.481 e. The van der Waals surface area contributed by atoms with E-state index < -0.39 is 0 Å². The van der Waals surface area contributed by atoms with E-state index in [0.717, 1.165) is 30.0 Å². The van der Waals surface area contributed by atoms with Crippen LogP contribution in [0.2, 0.25) is 0 Å². The first-order chi connectivity index (χ1) is 18.4. The van der Waals surface area contributed by atoms with Crippen LogP contribution in [0.1, 0.15) is 29.4 Å². The van der Waals surface area contributed by atoms with Crippen molar-refractivity contribution in [2.24, 2.45) is 0 Å². The fourth-order valence-corrected chi connectivity index (χ4v) is 5.37. The molecule has 0 aliphatic carbocycles. The van der Waals surface area contributed by atoms with Gasteiger partial charge in [-0.25, -0.2) is 9.50 Å². The normalized spacial score (nSPS) is 15.9. The number of aryl methyl sites for hydroxylation is 1. The van der Waals surface area contributed by atoms with Gasteiger partial charge in [-0.1, -0.05) is 6.92 Å². The summed E-state index contributed by atoms with van der Waals surface area (Å²) in [5, 5.41) is 10.2. The lowest BCUT2D eigenvalue weighted by Gasteiger charge is -2.31. The molecule has 1 saturated heterocycles. The number of aromatic nitrogens is 4. The van der Waals surface area contributed by atoms with E-state index in [9.17, 15) is 9.59 Å². The number of morpholine rings is 1. The number of carbonyl (C=O) groups excluding carboxylic acids is 2. The monoisotopic (exact) mass is 535 g/mol. The Morgan fingerprint density at radius 1 is 1.26 bits per heavy atom. The highest BCUT2D eigenvalue weighted by atomic mass is 32.1. The standard InChI is InChI=1S/C26H29N7O4S/c1-4-18-13-32(8-9-37-18)15-23(34)30-17-10-21(16(2)28-11-17)31-24(35)20-12-29-33-14-22(38-26(20)33)19-6-5-7-27-25(19)36-3/h5-7,10-12,14,18H,4,8-9,13,15H2,1-3H3,(H,30,34)(H,31,35). The maximum Gasteiger partial charge on any atom is 0.260 e. The van der Waals surface area contributed by atoms with Crippen molar-refractivity contribution in [3.8, 4) is 16.3 Å². The minimum Gasteiger partial charge on any atom is -0.481 e. The molecule has 0 aromatic carbocycles. The predicted molar refractivity (Wildman–Crippen MR) is 145 cm³/mol. The van der Waals surface area contributed by atoms with Gasteiger partial charge in [0.1, 0.15) is 4.83 Å². The first kappa shape index (κ1) is 25.8. The van der Waals surface area contributed by atoms with Crippen molar-refractivity contribution in [2.75, 3.05) is 44.0 Å². The summed E-state index contributed by atoms with van der Waals surface area (Å²) in [6.45, 7) is 6.22. The van der Waals surface area contributed by atoms with Crippen LogP contribution in [0, 0.1) is 6.92 Å². The summed E-state index contributed by atoms with van der Waals surface area (Å²) in [6.07, 6.45) is 7.69.